The molecule has 3 heteroatoms. The predicted molar refractivity (Wildman–Crippen MR) is 154 cm³/mol. The van der Waals surface area contributed by atoms with Crippen molar-refractivity contribution in [3.63, 3.8) is 0 Å². The molecule has 0 aromatic rings. The monoisotopic (exact) mass is 522 g/mol. The minimum atomic E-state index is -0.122. The van der Waals surface area contributed by atoms with Gasteiger partial charge in [-0.25, -0.2) is 0 Å². The van der Waals surface area contributed by atoms with Gasteiger partial charge in [0.05, 0.1) is 6.61 Å². The molecule has 0 heterocycles. The minimum Gasteiger partial charge on any atom is -0.462 e. The van der Waals surface area contributed by atoms with Crippen molar-refractivity contribution < 1.29 is 14.3 Å². The van der Waals surface area contributed by atoms with E-state index in [0.29, 0.717) is 52.6 Å². The maximum Gasteiger partial charge on any atom is 0.302 e. The lowest BCUT2D eigenvalue weighted by molar-refractivity contribution is -0.249. The molecule has 0 saturated heterocycles. The lowest BCUT2D eigenvalue weighted by Crippen LogP contribution is -2.66. The molecule has 38 heavy (non-hydrogen) atoms. The van der Waals surface area contributed by atoms with Gasteiger partial charge in [-0.3, -0.25) is 4.79 Å². The molecule has 0 aromatic carbocycles. The summed E-state index contributed by atoms with van der Waals surface area (Å²) in [6, 6.07) is 0. The van der Waals surface area contributed by atoms with E-state index in [-0.39, 0.29) is 17.5 Å². The zero-order chi connectivity index (χ0) is 27.7. The molecular formula is C35H54O3. The van der Waals surface area contributed by atoms with Crippen LogP contribution in [0.5, 0.6) is 0 Å². The topological polar surface area (TPSA) is 35.5 Å². The standard InChI is InChI=1S/C35H54O3/c1-10-21-37-22-23(2)25-13-16-32(6)19-20-34(8)26(30(25)32)11-12-28-33(7)17-15-29(38-24(3)36)31(4,5)27(33)14-18-35(28,34)9/h1,25-30H,2,11-22H2,3-9H3/t25-,26+,27-,28+,29-,30+,32+,33-,34+,35+/m0/s1. The molecule has 0 unspecified atom stereocenters. The van der Waals surface area contributed by atoms with Crippen LogP contribution in [0.4, 0.5) is 0 Å². The highest BCUT2D eigenvalue weighted by molar-refractivity contribution is 5.66. The Morgan fingerprint density at radius 1 is 0.895 bits per heavy atom. The number of terminal acetylenes is 1. The second-order valence-electron chi connectivity index (χ2n) is 15.8. The van der Waals surface area contributed by atoms with Crippen molar-refractivity contribution in [3.8, 4) is 12.3 Å². The molecule has 0 radical (unpaired) electrons. The molecule has 0 aromatic heterocycles. The van der Waals surface area contributed by atoms with Crippen LogP contribution in [0.15, 0.2) is 12.2 Å². The Balaban J connectivity index is 1.45. The predicted octanol–water partition coefficient (Wildman–Crippen LogP) is 8.23. The van der Waals surface area contributed by atoms with Crippen molar-refractivity contribution in [1.29, 1.82) is 0 Å². The summed E-state index contributed by atoms with van der Waals surface area (Å²) in [5.41, 5.74) is 2.75. The largest absolute Gasteiger partial charge is 0.462 e. The average Bonchev–Trinajstić information content (AvgIpc) is 3.19. The van der Waals surface area contributed by atoms with Crippen LogP contribution in [0.2, 0.25) is 0 Å². The first-order valence-corrected chi connectivity index (χ1v) is 15.6. The van der Waals surface area contributed by atoms with E-state index in [1.54, 1.807) is 6.92 Å². The van der Waals surface area contributed by atoms with E-state index in [2.05, 4.69) is 54.0 Å². The highest BCUT2D eigenvalue weighted by Gasteiger charge is 2.70. The van der Waals surface area contributed by atoms with Crippen molar-refractivity contribution in [2.24, 2.45) is 56.7 Å². The third kappa shape index (κ3) is 3.89. The van der Waals surface area contributed by atoms with Gasteiger partial charge in [-0.2, -0.15) is 0 Å². The highest BCUT2D eigenvalue weighted by atomic mass is 16.5. The molecule has 5 rings (SSSR count). The summed E-state index contributed by atoms with van der Waals surface area (Å²) >= 11 is 0. The fraction of sp³-hybridized carbons (Fsp3) is 0.857. The van der Waals surface area contributed by atoms with Gasteiger partial charge in [-0.1, -0.05) is 54.0 Å². The van der Waals surface area contributed by atoms with E-state index in [9.17, 15) is 4.79 Å². The third-order valence-corrected chi connectivity index (χ3v) is 14.1. The Labute approximate surface area is 233 Å². The van der Waals surface area contributed by atoms with Crippen LogP contribution < -0.4 is 0 Å². The number of carbonyl (C=O) groups excluding carboxylic acids is 1. The van der Waals surface area contributed by atoms with Crippen LogP contribution in [0.3, 0.4) is 0 Å². The van der Waals surface area contributed by atoms with Gasteiger partial charge in [0.2, 0.25) is 0 Å². The van der Waals surface area contributed by atoms with E-state index < -0.39 is 0 Å². The molecule has 0 bridgehead atoms. The summed E-state index contributed by atoms with van der Waals surface area (Å²) in [4.78, 5) is 11.9. The number of hydrogen-bond acceptors (Lipinski definition) is 3. The summed E-state index contributed by atoms with van der Waals surface area (Å²) in [5.74, 6) is 5.87. The lowest BCUT2D eigenvalue weighted by atomic mass is 9.32. The second kappa shape index (κ2) is 9.39. The number of rotatable bonds is 5. The molecular weight excluding hydrogens is 468 g/mol. The molecule has 0 spiro atoms. The molecule has 5 aliphatic rings. The fourth-order valence-electron chi connectivity index (χ4n) is 12.1. The Bertz CT molecular complexity index is 1010. The quantitative estimate of drug-likeness (QED) is 0.158. The Kier molecular flexibility index (Phi) is 6.99. The summed E-state index contributed by atoms with van der Waals surface area (Å²) in [6.45, 7) is 22.6. The highest BCUT2D eigenvalue weighted by Crippen LogP contribution is 2.77. The summed E-state index contributed by atoms with van der Waals surface area (Å²) in [7, 11) is 0. The second-order valence-corrected chi connectivity index (χ2v) is 15.8. The van der Waals surface area contributed by atoms with Crippen molar-refractivity contribution in [2.75, 3.05) is 13.2 Å². The maximum absolute atomic E-state index is 11.9. The number of ether oxygens (including phenoxy) is 2. The van der Waals surface area contributed by atoms with Crippen molar-refractivity contribution in [1.82, 2.24) is 0 Å². The van der Waals surface area contributed by atoms with Gasteiger partial charge >= 0.3 is 5.97 Å². The van der Waals surface area contributed by atoms with Crippen LogP contribution in [0.1, 0.15) is 113 Å². The van der Waals surface area contributed by atoms with Crippen LogP contribution >= 0.6 is 0 Å². The maximum atomic E-state index is 11.9. The van der Waals surface area contributed by atoms with Gasteiger partial charge in [0.1, 0.15) is 12.7 Å². The van der Waals surface area contributed by atoms with Crippen molar-refractivity contribution in [3.05, 3.63) is 12.2 Å². The van der Waals surface area contributed by atoms with E-state index in [0.717, 1.165) is 18.3 Å². The van der Waals surface area contributed by atoms with Crippen LogP contribution in [-0.4, -0.2) is 25.3 Å². The Morgan fingerprint density at radius 2 is 1.63 bits per heavy atom. The first kappa shape index (κ1) is 28.3. The molecule has 5 saturated carbocycles. The van der Waals surface area contributed by atoms with Gasteiger partial charge in [-0.05, 0) is 121 Å². The normalized spacial score (nSPS) is 49.0. The lowest BCUT2D eigenvalue weighted by Gasteiger charge is -2.73. The summed E-state index contributed by atoms with van der Waals surface area (Å²) in [6.07, 6.45) is 18.3. The van der Waals surface area contributed by atoms with E-state index in [1.807, 2.05) is 0 Å². The van der Waals surface area contributed by atoms with Gasteiger partial charge in [0, 0.05) is 12.3 Å². The number of hydrogen-bond donors (Lipinski definition) is 0. The minimum absolute atomic E-state index is 0.0234. The number of fused-ring (bicyclic) bond motifs is 7. The van der Waals surface area contributed by atoms with E-state index >= 15 is 0 Å². The molecule has 5 aliphatic carbocycles. The smallest absolute Gasteiger partial charge is 0.302 e. The van der Waals surface area contributed by atoms with Crippen LogP contribution in [-0.2, 0) is 14.3 Å². The van der Waals surface area contributed by atoms with Crippen molar-refractivity contribution >= 4 is 5.97 Å². The fourth-order valence-corrected chi connectivity index (χ4v) is 12.1. The summed E-state index contributed by atoms with van der Waals surface area (Å²) < 4.78 is 11.7. The molecule has 0 aliphatic heterocycles. The van der Waals surface area contributed by atoms with Crippen LogP contribution in [0, 0.1) is 69.0 Å². The van der Waals surface area contributed by atoms with Crippen LogP contribution in [0.25, 0.3) is 0 Å². The molecule has 3 nitrogen and oxygen atoms in total. The van der Waals surface area contributed by atoms with Gasteiger partial charge in [0.25, 0.3) is 0 Å². The van der Waals surface area contributed by atoms with E-state index in [4.69, 9.17) is 15.9 Å². The molecule has 5 fully saturated rings. The van der Waals surface area contributed by atoms with Gasteiger partial charge in [-0.15, -0.1) is 6.42 Å². The first-order valence-electron chi connectivity index (χ1n) is 15.6. The Morgan fingerprint density at radius 3 is 2.32 bits per heavy atom. The molecule has 0 N–H and O–H groups in total. The SMILES string of the molecule is C#CCOCC(=C)[C@@H]1CC[C@]2(C)CC[C@]3(C)[C@H](CC[C@@H]4[C@@]5(C)CC[C@H](OC(C)=O)C(C)(C)[C@@H]5CC[C@]43C)[C@@H]12. The van der Waals surface area contributed by atoms with Gasteiger partial charge in [0.15, 0.2) is 0 Å². The molecule has 0 amide bonds. The third-order valence-electron chi connectivity index (χ3n) is 14.1. The number of esters is 1. The zero-order valence-electron chi connectivity index (χ0n) is 25.5. The van der Waals surface area contributed by atoms with E-state index in [1.165, 1.54) is 63.4 Å². The molecule has 10 atom stereocenters. The Hall–Kier alpha value is -1.27. The van der Waals surface area contributed by atoms with Gasteiger partial charge < -0.3 is 9.47 Å². The summed E-state index contributed by atoms with van der Waals surface area (Å²) in [5, 5.41) is 0. The van der Waals surface area contributed by atoms with Crippen molar-refractivity contribution in [2.45, 2.75) is 119 Å². The number of carbonyl (C=O) groups is 1. The first-order chi connectivity index (χ1) is 17.7. The zero-order valence-corrected chi connectivity index (χ0v) is 25.5. The molecule has 212 valence electrons. The average molecular weight is 523 g/mol.